The quantitative estimate of drug-likeness (QED) is 0.588. The van der Waals surface area contributed by atoms with Crippen LogP contribution in [0.1, 0.15) is 30.9 Å². The van der Waals surface area contributed by atoms with Gasteiger partial charge in [0.25, 0.3) is 0 Å². The van der Waals surface area contributed by atoms with E-state index in [0.717, 1.165) is 28.9 Å². The van der Waals surface area contributed by atoms with Gasteiger partial charge in [-0.2, -0.15) is 0 Å². The molecule has 0 spiro atoms. The Hall–Kier alpha value is -1.16. The van der Waals surface area contributed by atoms with Crippen LogP contribution in [0.3, 0.4) is 0 Å². The topological polar surface area (TPSA) is 43.4 Å². The minimum absolute atomic E-state index is 0.0615. The van der Waals surface area contributed by atoms with Crippen molar-refractivity contribution in [2.75, 3.05) is 12.4 Å². The van der Waals surface area contributed by atoms with Crippen molar-refractivity contribution in [1.29, 1.82) is 0 Å². The van der Waals surface area contributed by atoms with Crippen molar-refractivity contribution >= 4 is 16.8 Å². The van der Waals surface area contributed by atoms with Crippen molar-refractivity contribution in [3.05, 3.63) is 29.3 Å². The number of esters is 1. The SMILES string of the molecule is CCCCOC(=O)CS(=O)c1cc(C)ccc1C. The molecular formula is C14H20O3S. The zero-order valence-electron chi connectivity index (χ0n) is 11.2. The lowest BCUT2D eigenvalue weighted by Crippen LogP contribution is -2.15. The molecule has 1 unspecified atom stereocenters. The molecule has 3 nitrogen and oxygen atoms in total. The molecule has 0 radical (unpaired) electrons. The monoisotopic (exact) mass is 268 g/mol. The standard InChI is InChI=1S/C14H20O3S/c1-4-5-8-17-14(15)10-18(16)13-9-11(2)6-7-12(13)3/h6-7,9H,4-5,8,10H2,1-3H3. The lowest BCUT2D eigenvalue weighted by Gasteiger charge is -2.07. The van der Waals surface area contributed by atoms with Crippen LogP contribution in [0.2, 0.25) is 0 Å². The van der Waals surface area contributed by atoms with Crippen LogP contribution >= 0.6 is 0 Å². The van der Waals surface area contributed by atoms with Gasteiger partial charge in [-0.3, -0.25) is 9.00 Å². The number of hydrogen-bond donors (Lipinski definition) is 0. The van der Waals surface area contributed by atoms with Crippen LogP contribution in [0.25, 0.3) is 0 Å². The lowest BCUT2D eigenvalue weighted by atomic mass is 10.2. The third kappa shape index (κ3) is 4.61. The molecule has 4 heteroatoms. The van der Waals surface area contributed by atoms with E-state index in [-0.39, 0.29) is 11.7 Å². The van der Waals surface area contributed by atoms with E-state index in [1.54, 1.807) is 0 Å². The summed E-state index contributed by atoms with van der Waals surface area (Å²) in [5.41, 5.74) is 1.99. The van der Waals surface area contributed by atoms with Crippen molar-refractivity contribution in [3.63, 3.8) is 0 Å². The molecule has 1 rings (SSSR count). The second kappa shape index (κ2) is 7.31. The summed E-state index contributed by atoms with van der Waals surface area (Å²) >= 11 is 0. The molecule has 18 heavy (non-hydrogen) atoms. The number of ether oxygens (including phenoxy) is 1. The van der Waals surface area contributed by atoms with E-state index >= 15 is 0 Å². The van der Waals surface area contributed by atoms with E-state index in [1.165, 1.54) is 0 Å². The van der Waals surface area contributed by atoms with E-state index in [1.807, 2.05) is 39.0 Å². The van der Waals surface area contributed by atoms with Crippen LogP contribution in [-0.2, 0) is 20.3 Å². The Bertz CT molecular complexity index is 441. The molecule has 0 fully saturated rings. The van der Waals surface area contributed by atoms with Gasteiger partial charge in [0, 0.05) is 4.90 Å². The molecular weight excluding hydrogens is 248 g/mol. The highest BCUT2D eigenvalue weighted by molar-refractivity contribution is 7.85. The van der Waals surface area contributed by atoms with Gasteiger partial charge in [0.05, 0.1) is 17.4 Å². The fourth-order valence-corrected chi connectivity index (χ4v) is 2.71. The van der Waals surface area contributed by atoms with Crippen LogP contribution in [0, 0.1) is 13.8 Å². The van der Waals surface area contributed by atoms with Crippen molar-refractivity contribution in [2.45, 2.75) is 38.5 Å². The molecule has 0 aromatic heterocycles. The number of unbranched alkanes of at least 4 members (excludes halogenated alkanes) is 1. The normalized spacial score (nSPS) is 12.2. The van der Waals surface area contributed by atoms with Gasteiger partial charge in [0.1, 0.15) is 5.75 Å². The van der Waals surface area contributed by atoms with Gasteiger partial charge in [0.15, 0.2) is 0 Å². The van der Waals surface area contributed by atoms with Crippen LogP contribution in [-0.4, -0.2) is 22.5 Å². The molecule has 0 aliphatic rings. The number of benzene rings is 1. The highest BCUT2D eigenvalue weighted by Gasteiger charge is 2.13. The third-order valence-electron chi connectivity index (χ3n) is 2.60. The Morgan fingerprint density at radius 3 is 2.72 bits per heavy atom. The predicted molar refractivity (Wildman–Crippen MR) is 73.1 cm³/mol. The zero-order chi connectivity index (χ0) is 13.5. The summed E-state index contributed by atoms with van der Waals surface area (Å²) in [5, 5.41) is 0. The Morgan fingerprint density at radius 1 is 1.33 bits per heavy atom. The molecule has 0 amide bonds. The highest BCUT2D eigenvalue weighted by atomic mass is 32.2. The van der Waals surface area contributed by atoms with Crippen LogP contribution in [0.4, 0.5) is 0 Å². The summed E-state index contributed by atoms with van der Waals surface area (Å²) in [4.78, 5) is 12.2. The molecule has 0 heterocycles. The summed E-state index contributed by atoms with van der Waals surface area (Å²) in [6, 6.07) is 5.76. The van der Waals surface area contributed by atoms with Crippen molar-refractivity contribution in [2.24, 2.45) is 0 Å². The molecule has 0 saturated carbocycles. The minimum atomic E-state index is -1.32. The molecule has 1 aromatic rings. The zero-order valence-corrected chi connectivity index (χ0v) is 12.0. The first-order chi connectivity index (χ1) is 8.54. The fraction of sp³-hybridized carbons (Fsp3) is 0.500. The van der Waals surface area contributed by atoms with E-state index in [9.17, 15) is 9.00 Å². The van der Waals surface area contributed by atoms with E-state index in [2.05, 4.69) is 0 Å². The fourth-order valence-electron chi connectivity index (χ4n) is 1.51. The first kappa shape index (κ1) is 14.9. The summed E-state index contributed by atoms with van der Waals surface area (Å²) in [7, 11) is -1.32. The lowest BCUT2D eigenvalue weighted by molar-refractivity contribution is -0.140. The third-order valence-corrected chi connectivity index (χ3v) is 4.03. The van der Waals surface area contributed by atoms with Gasteiger partial charge in [-0.05, 0) is 37.5 Å². The number of carbonyl (C=O) groups excluding carboxylic acids is 1. The number of hydrogen-bond acceptors (Lipinski definition) is 3. The van der Waals surface area contributed by atoms with E-state index in [4.69, 9.17) is 4.74 Å². The second-order valence-corrected chi connectivity index (χ2v) is 5.75. The average Bonchev–Trinajstić information content (AvgIpc) is 2.32. The van der Waals surface area contributed by atoms with Gasteiger partial charge in [-0.15, -0.1) is 0 Å². The first-order valence-electron chi connectivity index (χ1n) is 6.16. The summed E-state index contributed by atoms with van der Waals surface area (Å²) < 4.78 is 17.1. The molecule has 0 saturated heterocycles. The summed E-state index contributed by atoms with van der Waals surface area (Å²) in [5.74, 6) is -0.448. The van der Waals surface area contributed by atoms with Crippen molar-refractivity contribution in [3.8, 4) is 0 Å². The maximum Gasteiger partial charge on any atom is 0.318 e. The molecule has 1 aromatic carbocycles. The van der Waals surface area contributed by atoms with E-state index < -0.39 is 10.8 Å². The number of carbonyl (C=O) groups is 1. The number of aryl methyl sites for hydroxylation is 2. The largest absolute Gasteiger partial charge is 0.465 e. The predicted octanol–water partition coefficient (Wildman–Crippen LogP) is 2.75. The Kier molecular flexibility index (Phi) is 6.05. The summed E-state index contributed by atoms with van der Waals surface area (Å²) in [6.45, 7) is 6.29. The molecule has 0 aliphatic heterocycles. The van der Waals surface area contributed by atoms with Gasteiger partial charge >= 0.3 is 5.97 Å². The Morgan fingerprint density at radius 2 is 2.06 bits per heavy atom. The van der Waals surface area contributed by atoms with E-state index in [0.29, 0.717) is 6.61 Å². The maximum atomic E-state index is 12.1. The summed E-state index contributed by atoms with van der Waals surface area (Å²) in [6.07, 6.45) is 1.83. The average molecular weight is 268 g/mol. The van der Waals surface area contributed by atoms with Crippen molar-refractivity contribution < 1.29 is 13.7 Å². The molecule has 100 valence electrons. The molecule has 1 atom stereocenters. The van der Waals surface area contributed by atoms with Crippen LogP contribution in [0.15, 0.2) is 23.1 Å². The Balaban J connectivity index is 2.59. The molecule has 0 N–H and O–H groups in total. The smallest absolute Gasteiger partial charge is 0.318 e. The highest BCUT2D eigenvalue weighted by Crippen LogP contribution is 2.15. The molecule has 0 bridgehead atoms. The molecule has 0 aliphatic carbocycles. The second-order valence-electron chi connectivity index (χ2n) is 4.33. The van der Waals surface area contributed by atoms with Gasteiger partial charge < -0.3 is 4.74 Å². The van der Waals surface area contributed by atoms with Crippen LogP contribution in [0.5, 0.6) is 0 Å². The number of rotatable bonds is 6. The minimum Gasteiger partial charge on any atom is -0.465 e. The van der Waals surface area contributed by atoms with Gasteiger partial charge in [-0.1, -0.05) is 25.5 Å². The van der Waals surface area contributed by atoms with Gasteiger partial charge in [0.2, 0.25) is 0 Å². The van der Waals surface area contributed by atoms with Gasteiger partial charge in [-0.25, -0.2) is 0 Å². The maximum absolute atomic E-state index is 12.1. The van der Waals surface area contributed by atoms with Crippen LogP contribution < -0.4 is 0 Å². The van der Waals surface area contributed by atoms with Crippen molar-refractivity contribution in [1.82, 2.24) is 0 Å². The Labute approximate surface area is 111 Å². The first-order valence-corrected chi connectivity index (χ1v) is 7.47.